The second kappa shape index (κ2) is 3.60. The zero-order chi connectivity index (χ0) is 12.8. The molecule has 0 amide bonds. The minimum Gasteiger partial charge on any atom is -0.450 e. The predicted molar refractivity (Wildman–Crippen MR) is 67.4 cm³/mol. The number of hydrogen-bond acceptors (Lipinski definition) is 2. The van der Waals surface area contributed by atoms with Gasteiger partial charge in [-0.25, -0.2) is 4.79 Å². The maximum atomic E-state index is 11.0. The summed E-state index contributed by atoms with van der Waals surface area (Å²) < 4.78 is 5.17. The Kier molecular flexibility index (Phi) is 2.17. The normalized spacial score (nSPS) is 14.7. The van der Waals surface area contributed by atoms with Gasteiger partial charge in [-0.3, -0.25) is 0 Å². The van der Waals surface area contributed by atoms with Crippen molar-refractivity contribution in [3.8, 4) is 11.1 Å². The predicted octanol–water partition coefficient (Wildman–Crippen LogP) is 3.63. The van der Waals surface area contributed by atoms with Crippen LogP contribution in [-0.2, 0) is 10.3 Å². The Labute approximate surface area is 105 Å². The van der Waals surface area contributed by atoms with E-state index in [1.807, 2.05) is 48.5 Å². The monoisotopic (exact) mass is 240 g/mol. The molecular formula is C15H12O3. The molecule has 0 aliphatic heterocycles. The van der Waals surface area contributed by atoms with Crippen LogP contribution in [0.1, 0.15) is 18.1 Å². The lowest BCUT2D eigenvalue weighted by molar-refractivity contribution is 0.0165. The van der Waals surface area contributed by atoms with Crippen molar-refractivity contribution >= 4 is 6.16 Å². The Morgan fingerprint density at radius 1 is 1.00 bits per heavy atom. The summed E-state index contributed by atoms with van der Waals surface area (Å²) in [7, 11) is 0. The van der Waals surface area contributed by atoms with Crippen LogP contribution in [0.2, 0.25) is 0 Å². The third kappa shape index (κ3) is 1.34. The highest BCUT2D eigenvalue weighted by atomic mass is 16.7. The van der Waals surface area contributed by atoms with Crippen molar-refractivity contribution < 1.29 is 14.6 Å². The number of fused-ring (bicyclic) bond motifs is 3. The molecule has 0 radical (unpaired) electrons. The van der Waals surface area contributed by atoms with Gasteiger partial charge in [0.2, 0.25) is 0 Å². The van der Waals surface area contributed by atoms with Crippen LogP contribution in [0.25, 0.3) is 11.1 Å². The molecule has 0 saturated heterocycles. The van der Waals surface area contributed by atoms with Gasteiger partial charge in [-0.2, -0.15) is 0 Å². The number of rotatable bonds is 1. The number of ether oxygens (including phenoxy) is 1. The van der Waals surface area contributed by atoms with Crippen LogP contribution in [0.5, 0.6) is 0 Å². The second-order valence-corrected chi connectivity index (χ2v) is 4.49. The smallest absolute Gasteiger partial charge is 0.450 e. The molecule has 3 nitrogen and oxygen atoms in total. The Morgan fingerprint density at radius 2 is 1.44 bits per heavy atom. The first-order valence-corrected chi connectivity index (χ1v) is 5.74. The molecule has 0 saturated carbocycles. The molecule has 1 aliphatic rings. The molecular weight excluding hydrogens is 228 g/mol. The molecule has 0 bridgehead atoms. The third-order valence-electron chi connectivity index (χ3n) is 3.46. The Morgan fingerprint density at radius 3 is 1.89 bits per heavy atom. The second-order valence-electron chi connectivity index (χ2n) is 4.49. The summed E-state index contributed by atoms with van der Waals surface area (Å²) in [6.07, 6.45) is -1.26. The lowest BCUT2D eigenvalue weighted by Crippen LogP contribution is -2.27. The number of hydrogen-bond donors (Lipinski definition) is 1. The average molecular weight is 240 g/mol. The Hall–Kier alpha value is -2.29. The summed E-state index contributed by atoms with van der Waals surface area (Å²) >= 11 is 0. The molecule has 0 fully saturated rings. The van der Waals surface area contributed by atoms with Crippen molar-refractivity contribution in [3.05, 3.63) is 59.7 Å². The van der Waals surface area contributed by atoms with E-state index in [1.54, 1.807) is 6.92 Å². The molecule has 3 rings (SSSR count). The maximum absolute atomic E-state index is 11.0. The highest BCUT2D eigenvalue weighted by Crippen LogP contribution is 2.49. The maximum Gasteiger partial charge on any atom is 0.507 e. The first-order chi connectivity index (χ1) is 8.63. The molecule has 3 heteroatoms. The molecule has 2 aromatic rings. The third-order valence-corrected chi connectivity index (χ3v) is 3.46. The molecule has 90 valence electrons. The minimum absolute atomic E-state index is 0.897. The van der Waals surface area contributed by atoms with Gasteiger partial charge in [0.25, 0.3) is 0 Å². The summed E-state index contributed by atoms with van der Waals surface area (Å²) in [5.41, 5.74) is 2.95. The van der Waals surface area contributed by atoms with Crippen molar-refractivity contribution in [2.75, 3.05) is 0 Å². The molecule has 1 N–H and O–H groups in total. The van der Waals surface area contributed by atoms with E-state index < -0.39 is 11.8 Å². The lowest BCUT2D eigenvalue weighted by Gasteiger charge is -2.25. The zero-order valence-corrected chi connectivity index (χ0v) is 9.88. The van der Waals surface area contributed by atoms with E-state index in [1.165, 1.54) is 0 Å². The van der Waals surface area contributed by atoms with Gasteiger partial charge in [0, 0.05) is 11.1 Å². The first-order valence-electron chi connectivity index (χ1n) is 5.74. The van der Waals surface area contributed by atoms with Crippen molar-refractivity contribution in [3.63, 3.8) is 0 Å². The summed E-state index contributed by atoms with van der Waals surface area (Å²) in [5.74, 6) is 0. The average Bonchev–Trinajstić information content (AvgIpc) is 2.61. The molecule has 0 heterocycles. The fraction of sp³-hybridized carbons (Fsp3) is 0.133. The molecule has 0 aromatic heterocycles. The van der Waals surface area contributed by atoms with Crippen LogP contribution < -0.4 is 0 Å². The fourth-order valence-electron chi connectivity index (χ4n) is 2.70. The van der Waals surface area contributed by atoms with Crippen LogP contribution in [-0.4, -0.2) is 11.3 Å². The van der Waals surface area contributed by atoms with Crippen LogP contribution in [0.4, 0.5) is 4.79 Å². The topological polar surface area (TPSA) is 46.5 Å². The van der Waals surface area contributed by atoms with Gasteiger partial charge in [0.05, 0.1) is 0 Å². The molecule has 0 spiro atoms. The van der Waals surface area contributed by atoms with E-state index in [2.05, 4.69) is 0 Å². The molecule has 0 unspecified atom stereocenters. The quantitative estimate of drug-likeness (QED) is 0.774. The van der Waals surface area contributed by atoms with Crippen molar-refractivity contribution in [1.29, 1.82) is 0 Å². The molecule has 18 heavy (non-hydrogen) atoms. The zero-order valence-electron chi connectivity index (χ0n) is 9.88. The first kappa shape index (κ1) is 10.8. The SMILES string of the molecule is CC1(OC(=O)O)c2ccccc2-c2ccccc21. The van der Waals surface area contributed by atoms with Crippen molar-refractivity contribution in [2.24, 2.45) is 0 Å². The minimum atomic E-state index is -1.26. The number of benzene rings is 2. The van der Waals surface area contributed by atoms with E-state index >= 15 is 0 Å². The van der Waals surface area contributed by atoms with E-state index in [-0.39, 0.29) is 0 Å². The summed E-state index contributed by atoms with van der Waals surface area (Å²) in [6.45, 7) is 1.80. The standard InChI is InChI=1S/C15H12O3/c1-15(18-14(16)17)12-8-4-2-6-10(12)11-7-3-5-9-13(11)15/h2-9H,1H3,(H,16,17). The number of carboxylic acid groups (broad SMARTS) is 1. The molecule has 0 atom stereocenters. The van der Waals surface area contributed by atoms with Crippen LogP contribution >= 0.6 is 0 Å². The van der Waals surface area contributed by atoms with Crippen LogP contribution in [0, 0.1) is 0 Å². The summed E-state index contributed by atoms with van der Waals surface area (Å²) in [5, 5.41) is 8.97. The van der Waals surface area contributed by atoms with Gasteiger partial charge >= 0.3 is 6.16 Å². The lowest BCUT2D eigenvalue weighted by atomic mass is 9.93. The largest absolute Gasteiger partial charge is 0.507 e. The van der Waals surface area contributed by atoms with E-state index in [0.29, 0.717) is 0 Å². The van der Waals surface area contributed by atoms with Gasteiger partial charge in [-0.1, -0.05) is 48.5 Å². The van der Waals surface area contributed by atoms with E-state index in [4.69, 9.17) is 9.84 Å². The highest BCUT2D eigenvalue weighted by molar-refractivity contribution is 5.81. The van der Waals surface area contributed by atoms with Crippen molar-refractivity contribution in [1.82, 2.24) is 0 Å². The Bertz CT molecular complexity index is 586. The van der Waals surface area contributed by atoms with E-state index in [9.17, 15) is 4.79 Å². The Balaban J connectivity index is 2.30. The van der Waals surface area contributed by atoms with Gasteiger partial charge in [0.15, 0.2) is 5.60 Å². The van der Waals surface area contributed by atoms with Gasteiger partial charge in [0.1, 0.15) is 0 Å². The van der Waals surface area contributed by atoms with E-state index in [0.717, 1.165) is 22.3 Å². The number of carbonyl (C=O) groups is 1. The van der Waals surface area contributed by atoms with Gasteiger partial charge in [-0.05, 0) is 18.1 Å². The van der Waals surface area contributed by atoms with Gasteiger partial charge < -0.3 is 9.84 Å². The highest BCUT2D eigenvalue weighted by Gasteiger charge is 2.42. The summed E-state index contributed by atoms with van der Waals surface area (Å²) in [4.78, 5) is 11.0. The van der Waals surface area contributed by atoms with Crippen LogP contribution in [0.3, 0.4) is 0 Å². The molecule has 1 aliphatic carbocycles. The van der Waals surface area contributed by atoms with Gasteiger partial charge in [-0.15, -0.1) is 0 Å². The van der Waals surface area contributed by atoms with Crippen molar-refractivity contribution in [2.45, 2.75) is 12.5 Å². The summed E-state index contributed by atoms with van der Waals surface area (Å²) in [6, 6.07) is 15.5. The molecule has 2 aromatic carbocycles. The van der Waals surface area contributed by atoms with Crippen LogP contribution in [0.15, 0.2) is 48.5 Å². The fourth-order valence-corrected chi connectivity index (χ4v) is 2.70.